The highest BCUT2D eigenvalue weighted by Gasteiger charge is 2.23. The Labute approximate surface area is 96.2 Å². The molecule has 1 aliphatic rings. The van der Waals surface area contributed by atoms with Crippen LogP contribution in [0.4, 0.5) is 0 Å². The fraction of sp³-hybridized carbons (Fsp3) is 0.364. The number of hydrogen-bond donors (Lipinski definition) is 1. The number of hydrogen-bond acceptors (Lipinski definition) is 2. The van der Waals surface area contributed by atoms with Gasteiger partial charge < -0.3 is 9.84 Å². The molecule has 0 saturated heterocycles. The third-order valence-electron chi connectivity index (χ3n) is 2.51. The van der Waals surface area contributed by atoms with Gasteiger partial charge in [-0.15, -0.1) is 0 Å². The summed E-state index contributed by atoms with van der Waals surface area (Å²) < 4.78 is 6.43. The molecule has 0 aromatic heterocycles. The van der Waals surface area contributed by atoms with E-state index in [1.54, 1.807) is 0 Å². The van der Waals surface area contributed by atoms with Crippen molar-refractivity contribution >= 4 is 21.9 Å². The second kappa shape index (κ2) is 4.33. The largest absolute Gasteiger partial charge is 0.481 e. The van der Waals surface area contributed by atoms with Gasteiger partial charge in [-0.2, -0.15) is 0 Å². The molecule has 0 fully saturated rings. The fourth-order valence-electron chi connectivity index (χ4n) is 1.82. The van der Waals surface area contributed by atoms with Crippen LogP contribution in [0.1, 0.15) is 23.7 Å². The number of benzene rings is 1. The number of rotatable bonds is 2. The van der Waals surface area contributed by atoms with Crippen LogP contribution in [0, 0.1) is 0 Å². The molecule has 15 heavy (non-hydrogen) atoms. The maximum atomic E-state index is 10.7. The molecule has 0 bridgehead atoms. The van der Waals surface area contributed by atoms with Crippen LogP contribution >= 0.6 is 15.9 Å². The molecule has 0 amide bonds. The first kappa shape index (κ1) is 10.6. The number of carboxylic acid groups (broad SMARTS) is 1. The standard InChI is InChI=1S/C11H11BrO3/c12-8-2-1-7-3-4-15-10(6-11(13)14)9(7)5-8/h1-2,5,10H,3-4,6H2,(H,13,14). The molecule has 80 valence electrons. The Kier molecular flexibility index (Phi) is 3.07. The van der Waals surface area contributed by atoms with E-state index in [4.69, 9.17) is 9.84 Å². The van der Waals surface area contributed by atoms with Crippen LogP contribution < -0.4 is 0 Å². The summed E-state index contributed by atoms with van der Waals surface area (Å²) in [5.74, 6) is -0.826. The molecule has 1 atom stereocenters. The average Bonchev–Trinajstić information content (AvgIpc) is 2.18. The van der Waals surface area contributed by atoms with E-state index in [1.165, 1.54) is 5.56 Å². The summed E-state index contributed by atoms with van der Waals surface area (Å²) in [6.45, 7) is 0.604. The van der Waals surface area contributed by atoms with E-state index in [2.05, 4.69) is 15.9 Å². The molecule has 0 spiro atoms. The molecule has 4 heteroatoms. The third-order valence-corrected chi connectivity index (χ3v) is 3.00. The van der Waals surface area contributed by atoms with Crippen molar-refractivity contribution in [2.45, 2.75) is 18.9 Å². The SMILES string of the molecule is O=C(O)CC1OCCc2ccc(Br)cc21. The van der Waals surface area contributed by atoms with Gasteiger partial charge in [-0.3, -0.25) is 4.79 Å². The minimum absolute atomic E-state index is 0.0312. The number of aliphatic carboxylic acids is 1. The number of halogens is 1. The number of carbonyl (C=O) groups is 1. The molecule has 1 aromatic carbocycles. The maximum Gasteiger partial charge on any atom is 0.306 e. The summed E-state index contributed by atoms with van der Waals surface area (Å²) in [5.41, 5.74) is 2.19. The summed E-state index contributed by atoms with van der Waals surface area (Å²) in [6.07, 6.45) is 0.589. The van der Waals surface area contributed by atoms with E-state index in [0.29, 0.717) is 6.61 Å². The van der Waals surface area contributed by atoms with Crippen LogP contribution in [0.5, 0.6) is 0 Å². The van der Waals surface area contributed by atoms with E-state index in [-0.39, 0.29) is 12.5 Å². The van der Waals surface area contributed by atoms with Crippen LogP contribution in [0.25, 0.3) is 0 Å². The minimum atomic E-state index is -0.826. The minimum Gasteiger partial charge on any atom is -0.481 e. The Bertz CT molecular complexity index is 389. The lowest BCUT2D eigenvalue weighted by atomic mass is 9.96. The van der Waals surface area contributed by atoms with Gasteiger partial charge in [0.05, 0.1) is 19.1 Å². The molecule has 3 nitrogen and oxygen atoms in total. The summed E-state index contributed by atoms with van der Waals surface area (Å²) in [4.78, 5) is 10.7. The number of fused-ring (bicyclic) bond motifs is 1. The Hall–Kier alpha value is -0.870. The lowest BCUT2D eigenvalue weighted by Crippen LogP contribution is -2.18. The zero-order chi connectivity index (χ0) is 10.8. The zero-order valence-electron chi connectivity index (χ0n) is 8.07. The number of carboxylic acids is 1. The van der Waals surface area contributed by atoms with E-state index in [1.807, 2.05) is 18.2 Å². The average molecular weight is 271 g/mol. The van der Waals surface area contributed by atoms with Gasteiger partial charge >= 0.3 is 5.97 Å². The maximum absolute atomic E-state index is 10.7. The van der Waals surface area contributed by atoms with Gasteiger partial charge in [-0.05, 0) is 29.7 Å². The van der Waals surface area contributed by atoms with Crippen LogP contribution in [0.3, 0.4) is 0 Å². The Morgan fingerprint density at radius 1 is 1.60 bits per heavy atom. The summed E-state index contributed by atoms with van der Waals surface area (Å²) in [7, 11) is 0. The smallest absolute Gasteiger partial charge is 0.306 e. The first-order valence-electron chi connectivity index (χ1n) is 4.78. The van der Waals surface area contributed by atoms with Gasteiger partial charge in [0.15, 0.2) is 0 Å². The van der Waals surface area contributed by atoms with Gasteiger partial charge in [-0.25, -0.2) is 0 Å². The molecule has 2 rings (SSSR count). The number of ether oxygens (including phenoxy) is 1. The molecule has 0 radical (unpaired) electrons. The first-order chi connectivity index (χ1) is 7.16. The van der Waals surface area contributed by atoms with Crippen LogP contribution in [0.2, 0.25) is 0 Å². The zero-order valence-corrected chi connectivity index (χ0v) is 9.66. The van der Waals surface area contributed by atoms with Crippen molar-refractivity contribution in [3.63, 3.8) is 0 Å². The van der Waals surface area contributed by atoms with E-state index < -0.39 is 5.97 Å². The van der Waals surface area contributed by atoms with Crippen LogP contribution in [-0.2, 0) is 16.0 Å². The monoisotopic (exact) mass is 270 g/mol. The predicted octanol–water partition coefficient (Wildman–Crippen LogP) is 2.54. The summed E-state index contributed by atoms with van der Waals surface area (Å²) in [5, 5.41) is 8.77. The van der Waals surface area contributed by atoms with Gasteiger partial charge in [-0.1, -0.05) is 22.0 Å². The molecule has 1 unspecified atom stereocenters. The highest BCUT2D eigenvalue weighted by Crippen LogP contribution is 2.31. The van der Waals surface area contributed by atoms with E-state index in [9.17, 15) is 4.79 Å². The molecule has 0 saturated carbocycles. The van der Waals surface area contributed by atoms with Crippen molar-refractivity contribution in [1.29, 1.82) is 0 Å². The van der Waals surface area contributed by atoms with Crippen molar-refractivity contribution < 1.29 is 14.6 Å². The Balaban J connectivity index is 2.32. The van der Waals surface area contributed by atoms with Crippen molar-refractivity contribution in [2.24, 2.45) is 0 Å². The van der Waals surface area contributed by atoms with Gasteiger partial charge in [0.2, 0.25) is 0 Å². The van der Waals surface area contributed by atoms with E-state index >= 15 is 0 Å². The van der Waals surface area contributed by atoms with Crippen molar-refractivity contribution in [3.8, 4) is 0 Å². The van der Waals surface area contributed by atoms with Gasteiger partial charge in [0, 0.05) is 4.47 Å². The van der Waals surface area contributed by atoms with Crippen molar-refractivity contribution in [2.75, 3.05) is 6.61 Å². The van der Waals surface area contributed by atoms with E-state index in [0.717, 1.165) is 16.5 Å². The summed E-state index contributed by atoms with van der Waals surface area (Å²) >= 11 is 3.38. The Morgan fingerprint density at radius 3 is 3.13 bits per heavy atom. The second-order valence-electron chi connectivity index (χ2n) is 3.55. The predicted molar refractivity (Wildman–Crippen MR) is 58.8 cm³/mol. The molecule has 0 aliphatic carbocycles. The van der Waals surface area contributed by atoms with Gasteiger partial charge in [0.1, 0.15) is 0 Å². The molecular formula is C11H11BrO3. The normalized spacial score (nSPS) is 19.7. The van der Waals surface area contributed by atoms with Gasteiger partial charge in [0.25, 0.3) is 0 Å². The first-order valence-corrected chi connectivity index (χ1v) is 5.58. The molecule has 1 aromatic rings. The lowest BCUT2D eigenvalue weighted by molar-refractivity contribution is -0.140. The van der Waals surface area contributed by atoms with Crippen molar-refractivity contribution in [1.82, 2.24) is 0 Å². The fourth-order valence-corrected chi connectivity index (χ4v) is 2.20. The quantitative estimate of drug-likeness (QED) is 0.899. The third kappa shape index (κ3) is 2.38. The van der Waals surface area contributed by atoms with Crippen LogP contribution in [-0.4, -0.2) is 17.7 Å². The molecule has 1 N–H and O–H groups in total. The molecular weight excluding hydrogens is 260 g/mol. The topological polar surface area (TPSA) is 46.5 Å². The Morgan fingerprint density at radius 2 is 2.40 bits per heavy atom. The second-order valence-corrected chi connectivity index (χ2v) is 4.47. The highest BCUT2D eigenvalue weighted by atomic mass is 79.9. The van der Waals surface area contributed by atoms with Crippen molar-refractivity contribution in [3.05, 3.63) is 33.8 Å². The summed E-state index contributed by atoms with van der Waals surface area (Å²) in [6, 6.07) is 5.95. The molecule has 1 aliphatic heterocycles. The lowest BCUT2D eigenvalue weighted by Gasteiger charge is -2.25. The molecule has 1 heterocycles. The highest BCUT2D eigenvalue weighted by molar-refractivity contribution is 9.10. The van der Waals surface area contributed by atoms with Crippen LogP contribution in [0.15, 0.2) is 22.7 Å².